The fourth-order valence-corrected chi connectivity index (χ4v) is 2.99. The SMILES string of the molecule is FC(F)(F)c1cccc(C2CN(c3noc(-c4ccccc4)n3)CCO2)c1. The van der Waals surface area contributed by atoms with E-state index in [0.717, 1.165) is 17.7 Å². The van der Waals surface area contributed by atoms with Gasteiger partial charge in [0, 0.05) is 12.1 Å². The third-order valence-corrected chi connectivity index (χ3v) is 4.37. The molecule has 140 valence electrons. The zero-order valence-corrected chi connectivity index (χ0v) is 14.2. The van der Waals surface area contributed by atoms with Crippen LogP contribution in [0.3, 0.4) is 0 Å². The number of hydrogen-bond acceptors (Lipinski definition) is 5. The lowest BCUT2D eigenvalue weighted by atomic mass is 10.0. The van der Waals surface area contributed by atoms with Crippen LogP contribution in [-0.4, -0.2) is 29.8 Å². The van der Waals surface area contributed by atoms with Gasteiger partial charge in [0.15, 0.2) is 0 Å². The average Bonchev–Trinajstić information content (AvgIpc) is 3.19. The van der Waals surface area contributed by atoms with Gasteiger partial charge in [-0.1, -0.05) is 30.3 Å². The molecule has 27 heavy (non-hydrogen) atoms. The normalized spacial score (nSPS) is 17.9. The van der Waals surface area contributed by atoms with Crippen LogP contribution in [0.25, 0.3) is 11.5 Å². The number of nitrogens with zero attached hydrogens (tertiary/aromatic N) is 3. The minimum atomic E-state index is -4.39. The highest BCUT2D eigenvalue weighted by Crippen LogP contribution is 2.33. The van der Waals surface area contributed by atoms with Gasteiger partial charge in [0.2, 0.25) is 0 Å². The van der Waals surface area contributed by atoms with Gasteiger partial charge in [0.25, 0.3) is 11.8 Å². The molecule has 1 unspecified atom stereocenters. The lowest BCUT2D eigenvalue weighted by molar-refractivity contribution is -0.137. The van der Waals surface area contributed by atoms with Crippen molar-refractivity contribution in [2.24, 2.45) is 0 Å². The number of halogens is 3. The van der Waals surface area contributed by atoms with Crippen molar-refractivity contribution in [3.05, 3.63) is 65.7 Å². The summed E-state index contributed by atoms with van der Waals surface area (Å²) in [6.07, 6.45) is -4.89. The summed E-state index contributed by atoms with van der Waals surface area (Å²) >= 11 is 0. The lowest BCUT2D eigenvalue weighted by Crippen LogP contribution is -2.39. The van der Waals surface area contributed by atoms with Gasteiger partial charge >= 0.3 is 6.18 Å². The van der Waals surface area contributed by atoms with Crippen molar-refractivity contribution in [3.8, 4) is 11.5 Å². The summed E-state index contributed by atoms with van der Waals surface area (Å²) < 4.78 is 49.9. The van der Waals surface area contributed by atoms with Gasteiger partial charge in [-0.25, -0.2) is 0 Å². The van der Waals surface area contributed by atoms with Crippen LogP contribution in [0.15, 0.2) is 59.1 Å². The molecule has 2 heterocycles. The first-order chi connectivity index (χ1) is 13.0. The Morgan fingerprint density at radius 2 is 1.85 bits per heavy atom. The largest absolute Gasteiger partial charge is 0.416 e. The summed E-state index contributed by atoms with van der Waals surface area (Å²) in [4.78, 5) is 6.25. The highest BCUT2D eigenvalue weighted by atomic mass is 19.4. The molecule has 0 radical (unpaired) electrons. The maximum Gasteiger partial charge on any atom is 0.416 e. The van der Waals surface area contributed by atoms with Crippen molar-refractivity contribution in [1.29, 1.82) is 0 Å². The number of rotatable bonds is 3. The monoisotopic (exact) mass is 375 g/mol. The minimum absolute atomic E-state index is 0.342. The van der Waals surface area contributed by atoms with Gasteiger partial charge in [-0.2, -0.15) is 18.2 Å². The van der Waals surface area contributed by atoms with Gasteiger partial charge in [0.05, 0.1) is 18.7 Å². The number of alkyl halides is 3. The molecular formula is C19H16F3N3O2. The maximum atomic E-state index is 13.0. The minimum Gasteiger partial charge on any atom is -0.370 e. The standard InChI is InChI=1S/C19H16F3N3O2/c20-19(21,22)15-8-4-7-14(11-15)16-12-25(9-10-26-16)18-23-17(27-24-18)13-5-2-1-3-6-13/h1-8,11,16H,9-10,12H2. The molecule has 4 rings (SSSR count). The van der Waals surface area contributed by atoms with Crippen LogP contribution in [-0.2, 0) is 10.9 Å². The predicted molar refractivity (Wildman–Crippen MR) is 92.1 cm³/mol. The van der Waals surface area contributed by atoms with Gasteiger partial charge in [-0.05, 0) is 35.0 Å². The van der Waals surface area contributed by atoms with E-state index < -0.39 is 17.8 Å². The third-order valence-electron chi connectivity index (χ3n) is 4.37. The highest BCUT2D eigenvalue weighted by molar-refractivity contribution is 5.54. The van der Waals surface area contributed by atoms with E-state index in [1.165, 1.54) is 6.07 Å². The number of morpholine rings is 1. The van der Waals surface area contributed by atoms with Crippen molar-refractivity contribution in [3.63, 3.8) is 0 Å². The molecule has 5 nitrogen and oxygen atoms in total. The van der Waals surface area contributed by atoms with E-state index in [-0.39, 0.29) is 0 Å². The van der Waals surface area contributed by atoms with Gasteiger partial charge < -0.3 is 14.2 Å². The van der Waals surface area contributed by atoms with Crippen LogP contribution >= 0.6 is 0 Å². The predicted octanol–water partition coefficient (Wildman–Crippen LogP) is 4.33. The fourth-order valence-electron chi connectivity index (χ4n) is 2.99. The molecule has 2 aromatic carbocycles. The second-order valence-electron chi connectivity index (χ2n) is 6.19. The molecular weight excluding hydrogens is 359 g/mol. The van der Waals surface area contributed by atoms with Crippen LogP contribution in [0.5, 0.6) is 0 Å². The van der Waals surface area contributed by atoms with Crippen molar-refractivity contribution in [2.45, 2.75) is 12.3 Å². The van der Waals surface area contributed by atoms with Gasteiger partial charge in [-0.15, -0.1) is 0 Å². The summed E-state index contributed by atoms with van der Waals surface area (Å²) in [7, 11) is 0. The van der Waals surface area contributed by atoms with Crippen LogP contribution in [0.2, 0.25) is 0 Å². The van der Waals surface area contributed by atoms with Crippen LogP contribution in [0, 0.1) is 0 Å². The van der Waals surface area contributed by atoms with Crippen LogP contribution in [0.4, 0.5) is 19.1 Å². The summed E-state index contributed by atoms with van der Waals surface area (Å²) in [5, 5.41) is 4.01. The van der Waals surface area contributed by atoms with Crippen molar-refractivity contribution in [1.82, 2.24) is 10.1 Å². The second-order valence-corrected chi connectivity index (χ2v) is 6.19. The number of anilines is 1. The third kappa shape index (κ3) is 3.80. The Balaban J connectivity index is 1.53. The molecule has 0 spiro atoms. The highest BCUT2D eigenvalue weighted by Gasteiger charge is 2.32. The van der Waals surface area contributed by atoms with E-state index >= 15 is 0 Å². The fraction of sp³-hybridized carbons (Fsp3) is 0.263. The Bertz CT molecular complexity index is 912. The first-order valence-electron chi connectivity index (χ1n) is 8.43. The molecule has 3 aromatic rings. The summed E-state index contributed by atoms with van der Waals surface area (Å²) in [5.41, 5.74) is 0.590. The van der Waals surface area contributed by atoms with Crippen LogP contribution < -0.4 is 4.90 Å². The molecule has 8 heteroatoms. The number of benzene rings is 2. The van der Waals surface area contributed by atoms with E-state index in [1.54, 1.807) is 6.07 Å². The lowest BCUT2D eigenvalue weighted by Gasteiger charge is -2.32. The molecule has 1 saturated heterocycles. The zero-order valence-electron chi connectivity index (χ0n) is 14.2. The number of hydrogen-bond donors (Lipinski definition) is 0. The summed E-state index contributed by atoms with van der Waals surface area (Å²) in [6, 6.07) is 14.6. The van der Waals surface area contributed by atoms with E-state index in [4.69, 9.17) is 9.26 Å². The van der Waals surface area contributed by atoms with Gasteiger partial charge in [0.1, 0.15) is 6.10 Å². The van der Waals surface area contributed by atoms with E-state index in [1.807, 2.05) is 35.2 Å². The molecule has 1 aliphatic heterocycles. The average molecular weight is 375 g/mol. The molecule has 1 aromatic heterocycles. The van der Waals surface area contributed by atoms with Crippen molar-refractivity contribution >= 4 is 5.95 Å². The Hall–Kier alpha value is -2.87. The molecule has 1 fully saturated rings. The number of ether oxygens (including phenoxy) is 1. The van der Waals surface area contributed by atoms with E-state index in [2.05, 4.69) is 10.1 Å². The quantitative estimate of drug-likeness (QED) is 0.682. The Morgan fingerprint density at radius 1 is 1.04 bits per heavy atom. The topological polar surface area (TPSA) is 51.4 Å². The molecule has 0 saturated carbocycles. The van der Waals surface area contributed by atoms with Crippen LogP contribution in [0.1, 0.15) is 17.2 Å². The first kappa shape index (κ1) is 17.5. The molecule has 1 atom stereocenters. The molecule has 0 aliphatic carbocycles. The molecule has 0 N–H and O–H groups in total. The van der Waals surface area contributed by atoms with Gasteiger partial charge in [-0.3, -0.25) is 0 Å². The van der Waals surface area contributed by atoms with Crippen molar-refractivity contribution in [2.75, 3.05) is 24.6 Å². The Labute approximate surface area is 153 Å². The van der Waals surface area contributed by atoms with E-state index in [0.29, 0.717) is 37.1 Å². The smallest absolute Gasteiger partial charge is 0.370 e. The van der Waals surface area contributed by atoms with Crippen molar-refractivity contribution < 1.29 is 22.4 Å². The molecule has 0 bridgehead atoms. The maximum absolute atomic E-state index is 13.0. The Kier molecular flexibility index (Phi) is 4.57. The second kappa shape index (κ2) is 7.03. The molecule has 1 aliphatic rings. The van der Waals surface area contributed by atoms with E-state index in [9.17, 15) is 13.2 Å². The summed E-state index contributed by atoms with van der Waals surface area (Å²) in [5.74, 6) is 0.793. The summed E-state index contributed by atoms with van der Waals surface area (Å²) in [6.45, 7) is 1.23. The molecule has 0 amide bonds. The zero-order chi connectivity index (χ0) is 18.9. The first-order valence-corrected chi connectivity index (χ1v) is 8.43. The Morgan fingerprint density at radius 3 is 2.63 bits per heavy atom. The number of aromatic nitrogens is 2.